The van der Waals surface area contributed by atoms with Crippen LogP contribution in [0.2, 0.25) is 0 Å². The van der Waals surface area contributed by atoms with Gasteiger partial charge < -0.3 is 18.9 Å². The normalized spacial score (nSPS) is 15.4. The summed E-state index contributed by atoms with van der Waals surface area (Å²) in [5, 5.41) is 4.01. The molecular formula is C22H26N2O5. The summed E-state index contributed by atoms with van der Waals surface area (Å²) in [6.45, 7) is 5.60. The van der Waals surface area contributed by atoms with Gasteiger partial charge in [0.15, 0.2) is 17.3 Å². The zero-order valence-corrected chi connectivity index (χ0v) is 16.7. The van der Waals surface area contributed by atoms with Crippen molar-refractivity contribution in [3.05, 3.63) is 59.7 Å². The molecule has 0 atom stereocenters. The number of rotatable bonds is 9. The minimum atomic E-state index is -0.876. The van der Waals surface area contributed by atoms with E-state index in [2.05, 4.69) is 10.5 Å². The van der Waals surface area contributed by atoms with Crippen molar-refractivity contribution in [2.45, 2.75) is 32.7 Å². The van der Waals surface area contributed by atoms with Crippen molar-refractivity contribution < 1.29 is 23.7 Å². The van der Waals surface area contributed by atoms with Crippen molar-refractivity contribution in [2.24, 2.45) is 5.10 Å². The van der Waals surface area contributed by atoms with Gasteiger partial charge in [-0.3, -0.25) is 4.79 Å². The SMILES string of the molecule is CCOc1cc(/C=N/NC(=O)CC2(C)OCCO2)ccc1OCc1ccccc1. The van der Waals surface area contributed by atoms with Crippen molar-refractivity contribution in [1.82, 2.24) is 5.43 Å². The molecule has 0 bridgehead atoms. The second kappa shape index (κ2) is 10.0. The minimum absolute atomic E-state index is 0.0841. The molecule has 0 aromatic heterocycles. The summed E-state index contributed by atoms with van der Waals surface area (Å²) in [6, 6.07) is 15.4. The fourth-order valence-corrected chi connectivity index (χ4v) is 2.90. The van der Waals surface area contributed by atoms with Gasteiger partial charge in [-0.2, -0.15) is 5.10 Å². The molecule has 0 spiro atoms. The van der Waals surface area contributed by atoms with Crippen LogP contribution in [0.3, 0.4) is 0 Å². The Morgan fingerprint density at radius 1 is 1.14 bits per heavy atom. The van der Waals surface area contributed by atoms with Crippen molar-refractivity contribution >= 4 is 12.1 Å². The first-order chi connectivity index (χ1) is 14.1. The maximum Gasteiger partial charge on any atom is 0.245 e. The molecule has 0 saturated carbocycles. The molecule has 0 radical (unpaired) electrons. The number of hydrogen-bond acceptors (Lipinski definition) is 6. The van der Waals surface area contributed by atoms with Gasteiger partial charge in [0, 0.05) is 0 Å². The molecule has 2 aromatic rings. The van der Waals surface area contributed by atoms with E-state index in [-0.39, 0.29) is 12.3 Å². The van der Waals surface area contributed by atoms with E-state index in [0.29, 0.717) is 37.9 Å². The van der Waals surface area contributed by atoms with E-state index >= 15 is 0 Å². The molecule has 1 saturated heterocycles. The van der Waals surface area contributed by atoms with Crippen LogP contribution in [0.15, 0.2) is 53.6 Å². The third kappa shape index (κ3) is 6.30. The Kier molecular flexibility index (Phi) is 7.21. The van der Waals surface area contributed by atoms with Crippen LogP contribution >= 0.6 is 0 Å². The van der Waals surface area contributed by atoms with Crippen molar-refractivity contribution in [2.75, 3.05) is 19.8 Å². The molecule has 1 heterocycles. The van der Waals surface area contributed by atoms with Crippen LogP contribution in [0.4, 0.5) is 0 Å². The summed E-state index contributed by atoms with van der Waals surface area (Å²) in [5.74, 6) is 0.122. The van der Waals surface area contributed by atoms with Gasteiger partial charge in [0.1, 0.15) is 6.61 Å². The highest BCUT2D eigenvalue weighted by Crippen LogP contribution is 2.29. The summed E-state index contributed by atoms with van der Waals surface area (Å²) < 4.78 is 22.4. The van der Waals surface area contributed by atoms with Gasteiger partial charge in [-0.1, -0.05) is 30.3 Å². The van der Waals surface area contributed by atoms with Crippen LogP contribution in [0.5, 0.6) is 11.5 Å². The lowest BCUT2D eigenvalue weighted by molar-refractivity contribution is -0.159. The van der Waals surface area contributed by atoms with E-state index in [4.69, 9.17) is 18.9 Å². The third-order valence-corrected chi connectivity index (χ3v) is 4.29. The molecule has 154 valence electrons. The van der Waals surface area contributed by atoms with Gasteiger partial charge in [-0.05, 0) is 43.2 Å². The summed E-state index contributed by atoms with van der Waals surface area (Å²) >= 11 is 0. The van der Waals surface area contributed by atoms with Gasteiger partial charge in [0.05, 0.1) is 32.5 Å². The van der Waals surface area contributed by atoms with Crippen LogP contribution in [-0.4, -0.2) is 37.7 Å². The van der Waals surface area contributed by atoms with Gasteiger partial charge >= 0.3 is 0 Å². The highest BCUT2D eigenvalue weighted by Gasteiger charge is 2.33. The van der Waals surface area contributed by atoms with Crippen molar-refractivity contribution in [3.63, 3.8) is 0 Å². The van der Waals surface area contributed by atoms with Gasteiger partial charge in [0.2, 0.25) is 5.91 Å². The fourth-order valence-electron chi connectivity index (χ4n) is 2.90. The topological polar surface area (TPSA) is 78.4 Å². The molecule has 2 aromatic carbocycles. The second-order valence-corrected chi connectivity index (χ2v) is 6.71. The van der Waals surface area contributed by atoms with E-state index in [9.17, 15) is 4.79 Å². The van der Waals surface area contributed by atoms with E-state index < -0.39 is 5.79 Å². The number of benzene rings is 2. The van der Waals surface area contributed by atoms with E-state index in [1.54, 1.807) is 13.1 Å². The number of hydrogen-bond donors (Lipinski definition) is 1. The number of carbonyl (C=O) groups is 1. The maximum absolute atomic E-state index is 12.0. The number of nitrogens with one attached hydrogen (secondary N) is 1. The van der Waals surface area contributed by atoms with E-state index in [0.717, 1.165) is 11.1 Å². The number of hydrazone groups is 1. The summed E-state index contributed by atoms with van der Waals surface area (Å²) in [4.78, 5) is 12.0. The lowest BCUT2D eigenvalue weighted by Gasteiger charge is -2.20. The van der Waals surface area contributed by atoms with E-state index in [1.807, 2.05) is 55.5 Å². The average Bonchev–Trinajstić information content (AvgIpc) is 3.14. The maximum atomic E-state index is 12.0. The Morgan fingerprint density at radius 3 is 2.62 bits per heavy atom. The Bertz CT molecular complexity index is 832. The Labute approximate surface area is 170 Å². The lowest BCUT2D eigenvalue weighted by atomic mass is 10.2. The Balaban J connectivity index is 1.58. The van der Waals surface area contributed by atoms with Crippen LogP contribution in [0.1, 0.15) is 31.4 Å². The first-order valence-corrected chi connectivity index (χ1v) is 9.61. The zero-order chi connectivity index (χ0) is 20.5. The molecule has 7 nitrogen and oxygen atoms in total. The smallest absolute Gasteiger partial charge is 0.245 e. The molecule has 1 aliphatic heterocycles. The molecule has 3 rings (SSSR count). The molecule has 0 aliphatic carbocycles. The van der Waals surface area contributed by atoms with Crippen LogP contribution in [-0.2, 0) is 20.9 Å². The lowest BCUT2D eigenvalue weighted by Crippen LogP contribution is -2.33. The molecule has 1 aliphatic rings. The van der Waals surface area contributed by atoms with Gasteiger partial charge in [-0.15, -0.1) is 0 Å². The molecule has 1 amide bonds. The average molecular weight is 398 g/mol. The molecular weight excluding hydrogens is 372 g/mol. The van der Waals surface area contributed by atoms with Crippen LogP contribution < -0.4 is 14.9 Å². The first-order valence-electron chi connectivity index (χ1n) is 9.61. The zero-order valence-electron chi connectivity index (χ0n) is 16.7. The predicted octanol–water partition coefficient (Wildman–Crippen LogP) is 3.27. The summed E-state index contributed by atoms with van der Waals surface area (Å²) in [6.07, 6.45) is 1.64. The number of ether oxygens (including phenoxy) is 4. The highest BCUT2D eigenvalue weighted by atomic mass is 16.7. The number of carbonyl (C=O) groups excluding carboxylic acids is 1. The van der Waals surface area contributed by atoms with E-state index in [1.165, 1.54) is 0 Å². The molecule has 0 unspecified atom stereocenters. The first kappa shape index (κ1) is 20.8. The fraction of sp³-hybridized carbons (Fsp3) is 0.364. The third-order valence-electron chi connectivity index (χ3n) is 4.29. The molecule has 29 heavy (non-hydrogen) atoms. The van der Waals surface area contributed by atoms with Crippen molar-refractivity contribution in [3.8, 4) is 11.5 Å². The van der Waals surface area contributed by atoms with Crippen LogP contribution in [0.25, 0.3) is 0 Å². The van der Waals surface area contributed by atoms with Gasteiger partial charge in [-0.25, -0.2) is 5.43 Å². The highest BCUT2D eigenvalue weighted by molar-refractivity contribution is 5.83. The monoisotopic (exact) mass is 398 g/mol. The van der Waals surface area contributed by atoms with Gasteiger partial charge in [0.25, 0.3) is 0 Å². The summed E-state index contributed by atoms with van der Waals surface area (Å²) in [5.41, 5.74) is 4.35. The number of amides is 1. The standard InChI is InChI=1S/C22H26N2O5/c1-3-26-20-13-18(9-10-19(20)27-16-17-7-5-4-6-8-17)15-23-24-21(25)14-22(2)28-11-12-29-22/h4-10,13,15H,3,11-12,14,16H2,1-2H3,(H,24,25)/b23-15+. The van der Waals surface area contributed by atoms with Crippen molar-refractivity contribution in [1.29, 1.82) is 0 Å². The Hall–Kier alpha value is -2.90. The molecule has 1 fully saturated rings. The number of nitrogens with zero attached hydrogens (tertiary/aromatic N) is 1. The second-order valence-electron chi connectivity index (χ2n) is 6.71. The quantitative estimate of drug-likeness (QED) is 0.518. The van der Waals surface area contributed by atoms with Crippen LogP contribution in [0, 0.1) is 0 Å². The largest absolute Gasteiger partial charge is 0.490 e. The summed E-state index contributed by atoms with van der Waals surface area (Å²) in [7, 11) is 0. The predicted molar refractivity (Wildman–Crippen MR) is 109 cm³/mol. The Morgan fingerprint density at radius 2 is 1.90 bits per heavy atom. The molecule has 1 N–H and O–H groups in total. The molecule has 7 heteroatoms. The minimum Gasteiger partial charge on any atom is -0.490 e.